The molecule has 25 valence electrons. The molecule has 1 radical (unpaired) electrons. The summed E-state index contributed by atoms with van der Waals surface area (Å²) in [5.41, 5.74) is 0. The Bertz CT molecular complexity index is 8.00. The number of hydrogen-bond donors (Lipinski definition) is 0. The molecule has 0 fully saturated rings. The third-order valence-electron chi connectivity index (χ3n) is 0. The van der Waals surface area contributed by atoms with E-state index in [0.29, 0.717) is 19.8 Å². The van der Waals surface area contributed by atoms with Gasteiger partial charge in [0.2, 0.25) is 0 Å². The molecular weight excluding hydrogens is 194 g/mol. The molecule has 1 nitrogen and oxygen atoms in total. The molecule has 0 bridgehead atoms. The molecule has 0 aromatic heterocycles. The summed E-state index contributed by atoms with van der Waals surface area (Å²) in [5, 5.41) is 0. The normalized spacial score (nSPS) is 1.00. The third kappa shape index (κ3) is 9.72. The second-order valence-electron chi connectivity index (χ2n) is 0. The van der Waals surface area contributed by atoms with Crippen LogP contribution in [0.25, 0.3) is 0 Å². The van der Waals surface area contributed by atoms with Crippen LogP contribution in [0.4, 0.5) is 0 Å². The van der Waals surface area contributed by atoms with Crippen molar-refractivity contribution in [3.05, 3.63) is 0 Å². The summed E-state index contributed by atoms with van der Waals surface area (Å²) in [7, 11) is 0. The van der Waals surface area contributed by atoms with E-state index in [0.717, 1.165) is 0 Å². The predicted octanol–water partition coefficient (Wildman–Crippen LogP) is -0.0657. The van der Waals surface area contributed by atoms with Gasteiger partial charge < -0.3 is 0 Å². The maximum absolute atomic E-state index is 8.26. The Morgan fingerprint density at radius 1 is 1.25 bits per heavy atom. The van der Waals surface area contributed by atoms with E-state index in [4.69, 9.17) is 3.40 Å². The topological polar surface area (TPSA) is 17.1 Å². The van der Waals surface area contributed by atoms with Crippen molar-refractivity contribution in [1.29, 1.82) is 0 Å². The fraction of sp³-hybridized carbons (Fsp3) is 0. The first kappa shape index (κ1) is 17.8. The van der Waals surface area contributed by atoms with Gasteiger partial charge in [0, 0.05) is 18.6 Å². The molecule has 0 amide bonds. The first-order valence-electron chi connectivity index (χ1n) is 0.167. The molecule has 0 aliphatic rings. The van der Waals surface area contributed by atoms with E-state index in [2.05, 4.69) is 0 Å². The minimum absolute atomic E-state index is 0. The van der Waals surface area contributed by atoms with Crippen LogP contribution >= 0.6 is 9.90 Å². The minimum Gasteiger partial charge on any atom is 0 e. The Hall–Kier alpha value is 1.50. The largest absolute Gasteiger partial charge is 0 e. The van der Waals surface area contributed by atoms with Crippen molar-refractivity contribution in [2.45, 2.75) is 0 Å². The summed E-state index contributed by atoms with van der Waals surface area (Å²) in [4.78, 5) is 0. The van der Waals surface area contributed by atoms with Crippen LogP contribution in [0.1, 0.15) is 0 Å². The average Bonchev–Trinajstić information content (AvgIpc) is 1.00. The third-order valence-corrected chi connectivity index (χ3v) is 0. The number of rotatable bonds is 0. The number of hydrogen-bond acceptors (Lipinski definition) is 1. The van der Waals surface area contributed by atoms with Gasteiger partial charge >= 0.3 is 23.2 Å². The fourth-order valence-corrected chi connectivity index (χ4v) is 0. The fourth-order valence-electron chi connectivity index (χ4n) is 0. The van der Waals surface area contributed by atoms with Crippen LogP contribution in [0.3, 0.4) is 0 Å². The quantitative estimate of drug-likeness (QED) is 0.392. The monoisotopic (exact) mass is 199 g/mol. The molecule has 0 spiro atoms. The molecule has 0 aliphatic heterocycles. The van der Waals surface area contributed by atoms with E-state index >= 15 is 0 Å². The molecule has 0 aromatic rings. The van der Waals surface area contributed by atoms with E-state index in [9.17, 15) is 0 Å². The molecule has 0 saturated heterocycles. The zero-order valence-electron chi connectivity index (χ0n) is 1.97. The van der Waals surface area contributed by atoms with Crippen molar-refractivity contribution in [2.24, 2.45) is 0 Å². The Morgan fingerprint density at radius 3 is 1.25 bits per heavy atom. The maximum Gasteiger partial charge on any atom is 0 e. The van der Waals surface area contributed by atoms with Crippen LogP contribution in [0.5, 0.6) is 0 Å². The van der Waals surface area contributed by atoms with Crippen molar-refractivity contribution in [2.75, 3.05) is 0 Å². The minimum atomic E-state index is 0. The first-order valence-corrected chi connectivity index (χ1v) is 0.986. The van der Waals surface area contributed by atoms with Gasteiger partial charge in [-0.15, -0.1) is 0 Å². The first-order chi connectivity index (χ1) is 1.00. The van der Waals surface area contributed by atoms with Gasteiger partial charge in [-0.3, -0.25) is 0 Å². The SMILES string of the molecule is P.[O]=[Mo].[V]. The molecule has 0 heterocycles. The van der Waals surface area contributed by atoms with Gasteiger partial charge in [0.25, 0.3) is 0 Å². The summed E-state index contributed by atoms with van der Waals surface area (Å²) in [6, 6.07) is 0. The van der Waals surface area contributed by atoms with E-state index in [1.807, 2.05) is 0 Å². The summed E-state index contributed by atoms with van der Waals surface area (Å²) < 4.78 is 8.26. The van der Waals surface area contributed by atoms with Gasteiger partial charge in [-0.25, -0.2) is 0 Å². The van der Waals surface area contributed by atoms with E-state index in [1.54, 1.807) is 0 Å². The van der Waals surface area contributed by atoms with Gasteiger partial charge in [-0.1, -0.05) is 0 Å². The summed E-state index contributed by atoms with van der Waals surface area (Å²) in [6.45, 7) is 0. The molecule has 4 heteroatoms. The summed E-state index contributed by atoms with van der Waals surface area (Å²) in [6.07, 6.45) is 0. The molecule has 1 unspecified atom stereocenters. The molecule has 0 rings (SSSR count). The maximum atomic E-state index is 8.26. The van der Waals surface area contributed by atoms with Crippen molar-refractivity contribution < 1.29 is 41.7 Å². The van der Waals surface area contributed by atoms with Gasteiger partial charge in [0.1, 0.15) is 0 Å². The van der Waals surface area contributed by atoms with Gasteiger partial charge in [-0.05, 0) is 0 Å². The summed E-state index contributed by atoms with van der Waals surface area (Å²) >= 11 is 0.700. The Morgan fingerprint density at radius 2 is 1.25 bits per heavy atom. The van der Waals surface area contributed by atoms with Gasteiger partial charge in [-0.2, -0.15) is 9.90 Å². The second kappa shape index (κ2) is 24.5. The molecule has 0 saturated carbocycles. The van der Waals surface area contributed by atoms with Crippen molar-refractivity contribution in [1.82, 2.24) is 0 Å². The van der Waals surface area contributed by atoms with E-state index < -0.39 is 0 Å². The van der Waals surface area contributed by atoms with E-state index in [1.165, 1.54) is 0 Å². The molecule has 0 aliphatic carbocycles. The van der Waals surface area contributed by atoms with Crippen molar-refractivity contribution in [3.63, 3.8) is 0 Å². The van der Waals surface area contributed by atoms with Gasteiger partial charge in [0.15, 0.2) is 0 Å². The zero-order valence-corrected chi connectivity index (χ0v) is 6.79. The molecule has 0 N–H and O–H groups in total. The van der Waals surface area contributed by atoms with E-state index in [-0.39, 0.29) is 28.5 Å². The summed E-state index contributed by atoms with van der Waals surface area (Å²) in [5.74, 6) is 0. The smallest absolute Gasteiger partial charge is 0 e. The molecule has 1 atom stereocenters. The van der Waals surface area contributed by atoms with Crippen LogP contribution < -0.4 is 0 Å². The Kier molecular flexibility index (Phi) is 109. The van der Waals surface area contributed by atoms with Crippen molar-refractivity contribution >= 4 is 9.90 Å². The van der Waals surface area contributed by atoms with Crippen LogP contribution in [0, 0.1) is 0 Å². The van der Waals surface area contributed by atoms with Crippen LogP contribution in [-0.4, -0.2) is 0 Å². The van der Waals surface area contributed by atoms with Gasteiger partial charge in [0.05, 0.1) is 0 Å². The van der Waals surface area contributed by atoms with Crippen molar-refractivity contribution in [3.8, 4) is 0 Å². The second-order valence-corrected chi connectivity index (χ2v) is 0. The predicted molar refractivity (Wildman–Crippen MR) is 11.8 cm³/mol. The molecule has 4 heavy (non-hydrogen) atoms. The molecular formula is H3MoOPV. The molecule has 0 aromatic carbocycles. The average molecular weight is 197 g/mol. The Balaban J connectivity index is -0.00000000500. The zero-order chi connectivity index (χ0) is 2.00. The Labute approximate surface area is 51.6 Å². The van der Waals surface area contributed by atoms with Crippen LogP contribution in [0.15, 0.2) is 0 Å². The standard InChI is InChI=1S/Mo.O.H3P.V/h;;1H3;. The van der Waals surface area contributed by atoms with Crippen LogP contribution in [-0.2, 0) is 41.7 Å². The van der Waals surface area contributed by atoms with Crippen LogP contribution in [0.2, 0.25) is 0 Å².